The summed E-state index contributed by atoms with van der Waals surface area (Å²) in [6, 6.07) is 5.26. The maximum Gasteiger partial charge on any atom is 0.315 e. The summed E-state index contributed by atoms with van der Waals surface area (Å²) < 4.78 is 5.46. The third-order valence-corrected chi connectivity index (χ3v) is 2.80. The van der Waals surface area contributed by atoms with Gasteiger partial charge in [0.05, 0.1) is 11.5 Å². The molecule has 0 aliphatic rings. The van der Waals surface area contributed by atoms with Crippen LogP contribution in [0.25, 0.3) is 0 Å². The van der Waals surface area contributed by atoms with Gasteiger partial charge in [-0.1, -0.05) is 26.8 Å². The van der Waals surface area contributed by atoms with E-state index in [0.29, 0.717) is 43.6 Å². The zero-order valence-corrected chi connectivity index (χ0v) is 13.0. The summed E-state index contributed by atoms with van der Waals surface area (Å²) in [5.74, 6) is 0.487. The van der Waals surface area contributed by atoms with Crippen LogP contribution >= 0.6 is 0 Å². The molecule has 0 atom stereocenters. The summed E-state index contributed by atoms with van der Waals surface area (Å²) >= 11 is 0. The molecule has 0 radical (unpaired) electrons. The normalized spacial score (nSPS) is 10.7. The number of hydrogen-bond acceptors (Lipinski definition) is 5. The molecule has 0 spiro atoms. The maximum absolute atomic E-state index is 11.3. The molecule has 0 saturated carbocycles. The number of benzene rings is 1. The van der Waals surface area contributed by atoms with E-state index in [1.165, 1.54) is 0 Å². The Bertz CT molecular complexity index is 450. The van der Waals surface area contributed by atoms with Gasteiger partial charge in [0.15, 0.2) is 0 Å². The SMILES string of the molecule is CCCNc1cccc(NCCOCC(C)C)c1[N+](=O)[O-]. The first-order valence-electron chi connectivity index (χ1n) is 7.39. The van der Waals surface area contributed by atoms with Crippen LogP contribution in [-0.4, -0.2) is 31.2 Å². The summed E-state index contributed by atoms with van der Waals surface area (Å²) in [4.78, 5) is 10.9. The first kappa shape index (κ1) is 17.2. The summed E-state index contributed by atoms with van der Waals surface area (Å²) in [6.07, 6.45) is 0.915. The van der Waals surface area contributed by atoms with E-state index in [9.17, 15) is 10.1 Å². The number of nitrogens with one attached hydrogen (secondary N) is 2. The molecule has 0 aliphatic carbocycles. The van der Waals surface area contributed by atoms with E-state index in [-0.39, 0.29) is 10.6 Å². The number of nitrogens with zero attached hydrogens (tertiary/aromatic N) is 1. The number of hydrogen-bond donors (Lipinski definition) is 2. The number of ether oxygens (including phenoxy) is 1. The van der Waals surface area contributed by atoms with Gasteiger partial charge in [0, 0.05) is 19.7 Å². The van der Waals surface area contributed by atoms with Gasteiger partial charge in [-0.15, -0.1) is 0 Å². The molecule has 0 aromatic heterocycles. The van der Waals surface area contributed by atoms with E-state index in [1.54, 1.807) is 12.1 Å². The van der Waals surface area contributed by atoms with Crippen LogP contribution in [0.1, 0.15) is 27.2 Å². The van der Waals surface area contributed by atoms with Crippen LogP contribution in [0.2, 0.25) is 0 Å². The van der Waals surface area contributed by atoms with Crippen molar-refractivity contribution in [1.29, 1.82) is 0 Å². The Morgan fingerprint density at radius 1 is 1.24 bits per heavy atom. The molecule has 118 valence electrons. The summed E-state index contributed by atoms with van der Waals surface area (Å²) in [7, 11) is 0. The lowest BCUT2D eigenvalue weighted by molar-refractivity contribution is -0.383. The fourth-order valence-corrected chi connectivity index (χ4v) is 1.86. The van der Waals surface area contributed by atoms with Crippen molar-refractivity contribution in [1.82, 2.24) is 0 Å². The average Bonchev–Trinajstić information content (AvgIpc) is 2.44. The van der Waals surface area contributed by atoms with Crippen molar-refractivity contribution in [3.05, 3.63) is 28.3 Å². The third-order valence-electron chi connectivity index (χ3n) is 2.80. The molecule has 0 heterocycles. The van der Waals surface area contributed by atoms with E-state index < -0.39 is 0 Å². The average molecular weight is 295 g/mol. The molecule has 1 aromatic carbocycles. The second kappa shape index (κ2) is 9.18. The Kier molecular flexibility index (Phi) is 7.53. The number of rotatable bonds is 10. The molecule has 0 unspecified atom stereocenters. The molecule has 0 saturated heterocycles. The summed E-state index contributed by atoms with van der Waals surface area (Å²) in [5.41, 5.74) is 1.17. The number of nitro benzene ring substituents is 1. The standard InChI is InChI=1S/C15H25N3O3/c1-4-8-16-13-6-5-7-14(15(13)18(19)20)17-9-10-21-11-12(2)3/h5-7,12,16-17H,4,8-11H2,1-3H3. The van der Waals surface area contributed by atoms with Crippen molar-refractivity contribution in [2.24, 2.45) is 5.92 Å². The number of nitro groups is 1. The van der Waals surface area contributed by atoms with Crippen molar-refractivity contribution in [2.45, 2.75) is 27.2 Å². The molecule has 1 rings (SSSR count). The first-order chi connectivity index (χ1) is 10.1. The molecule has 0 bridgehead atoms. The van der Waals surface area contributed by atoms with E-state index in [1.807, 2.05) is 13.0 Å². The van der Waals surface area contributed by atoms with Gasteiger partial charge >= 0.3 is 5.69 Å². The van der Waals surface area contributed by atoms with E-state index in [4.69, 9.17) is 4.74 Å². The van der Waals surface area contributed by atoms with Gasteiger partial charge in [-0.05, 0) is 24.5 Å². The summed E-state index contributed by atoms with van der Waals surface area (Å²) in [6.45, 7) is 8.67. The molecule has 6 nitrogen and oxygen atoms in total. The molecule has 0 amide bonds. The molecular formula is C15H25N3O3. The molecular weight excluding hydrogens is 270 g/mol. The highest BCUT2D eigenvalue weighted by atomic mass is 16.6. The molecule has 2 N–H and O–H groups in total. The lowest BCUT2D eigenvalue weighted by atomic mass is 10.2. The van der Waals surface area contributed by atoms with Crippen molar-refractivity contribution in [3.8, 4) is 0 Å². The van der Waals surface area contributed by atoms with Crippen molar-refractivity contribution < 1.29 is 9.66 Å². The Morgan fingerprint density at radius 3 is 2.38 bits per heavy atom. The number of para-hydroxylation sites is 1. The van der Waals surface area contributed by atoms with E-state index in [0.717, 1.165) is 6.42 Å². The van der Waals surface area contributed by atoms with Gasteiger partial charge < -0.3 is 15.4 Å². The van der Waals surface area contributed by atoms with Crippen LogP contribution in [0, 0.1) is 16.0 Å². The van der Waals surface area contributed by atoms with Crippen LogP contribution in [-0.2, 0) is 4.74 Å². The topological polar surface area (TPSA) is 76.4 Å². The molecule has 0 fully saturated rings. The predicted octanol–water partition coefficient (Wildman–Crippen LogP) is 3.50. The fraction of sp³-hybridized carbons (Fsp3) is 0.600. The minimum atomic E-state index is -0.352. The quantitative estimate of drug-likeness (QED) is 0.392. The van der Waals surface area contributed by atoms with E-state index >= 15 is 0 Å². The van der Waals surface area contributed by atoms with Crippen molar-refractivity contribution in [2.75, 3.05) is 36.9 Å². The lowest BCUT2D eigenvalue weighted by Gasteiger charge is -2.12. The van der Waals surface area contributed by atoms with Gasteiger partial charge in [0.2, 0.25) is 0 Å². The third kappa shape index (κ3) is 5.99. The molecule has 6 heteroatoms. The molecule has 1 aromatic rings. The Balaban J connectivity index is 2.65. The largest absolute Gasteiger partial charge is 0.379 e. The van der Waals surface area contributed by atoms with Gasteiger partial charge in [-0.3, -0.25) is 10.1 Å². The highest BCUT2D eigenvalue weighted by molar-refractivity contribution is 5.76. The Labute approximate surface area is 126 Å². The Morgan fingerprint density at radius 2 is 1.86 bits per heavy atom. The number of anilines is 2. The van der Waals surface area contributed by atoms with E-state index in [2.05, 4.69) is 24.5 Å². The highest BCUT2D eigenvalue weighted by Crippen LogP contribution is 2.32. The van der Waals surface area contributed by atoms with Crippen LogP contribution in [0.4, 0.5) is 17.1 Å². The fourth-order valence-electron chi connectivity index (χ4n) is 1.86. The van der Waals surface area contributed by atoms with Gasteiger partial charge in [0.25, 0.3) is 0 Å². The Hall–Kier alpha value is -1.82. The molecule has 0 aliphatic heterocycles. The van der Waals surface area contributed by atoms with Gasteiger partial charge in [0.1, 0.15) is 11.4 Å². The zero-order valence-electron chi connectivity index (χ0n) is 13.0. The zero-order chi connectivity index (χ0) is 15.7. The monoisotopic (exact) mass is 295 g/mol. The minimum absolute atomic E-state index is 0.0924. The predicted molar refractivity (Wildman–Crippen MR) is 86.0 cm³/mol. The first-order valence-corrected chi connectivity index (χ1v) is 7.39. The van der Waals surface area contributed by atoms with Gasteiger partial charge in [-0.2, -0.15) is 0 Å². The summed E-state index contributed by atoms with van der Waals surface area (Å²) in [5, 5.41) is 17.4. The smallest absolute Gasteiger partial charge is 0.315 e. The van der Waals surface area contributed by atoms with Crippen LogP contribution in [0.15, 0.2) is 18.2 Å². The lowest BCUT2D eigenvalue weighted by Crippen LogP contribution is -2.13. The maximum atomic E-state index is 11.3. The van der Waals surface area contributed by atoms with Gasteiger partial charge in [-0.25, -0.2) is 0 Å². The van der Waals surface area contributed by atoms with Crippen molar-refractivity contribution >= 4 is 17.1 Å². The van der Waals surface area contributed by atoms with Crippen LogP contribution in [0.3, 0.4) is 0 Å². The molecule has 21 heavy (non-hydrogen) atoms. The van der Waals surface area contributed by atoms with Crippen LogP contribution < -0.4 is 10.6 Å². The second-order valence-electron chi connectivity index (χ2n) is 5.28. The highest BCUT2D eigenvalue weighted by Gasteiger charge is 2.18. The second-order valence-corrected chi connectivity index (χ2v) is 5.28. The minimum Gasteiger partial charge on any atom is -0.379 e. The van der Waals surface area contributed by atoms with Crippen molar-refractivity contribution in [3.63, 3.8) is 0 Å². The van der Waals surface area contributed by atoms with Crippen LogP contribution in [0.5, 0.6) is 0 Å².